The second kappa shape index (κ2) is 4.75. The lowest BCUT2D eigenvalue weighted by atomic mass is 9.93. The molecule has 0 saturated carbocycles. The Morgan fingerprint density at radius 1 is 1.33 bits per heavy atom. The normalized spacial score (nSPS) is 18.7. The molecule has 2 aromatic rings. The number of nitrogens with one attached hydrogen (secondary N) is 1. The van der Waals surface area contributed by atoms with Crippen LogP contribution in [0.5, 0.6) is 0 Å². The zero-order valence-corrected chi connectivity index (χ0v) is 11.1. The van der Waals surface area contributed by atoms with Crippen LogP contribution in [0.4, 0.5) is 0 Å². The Hall–Kier alpha value is -1.32. The van der Waals surface area contributed by atoms with Crippen molar-refractivity contribution in [2.75, 3.05) is 7.05 Å². The average Bonchev–Trinajstić information content (AvgIpc) is 2.83. The monoisotopic (exact) mass is 261 g/mol. The van der Waals surface area contributed by atoms with Gasteiger partial charge in [-0.05, 0) is 50.6 Å². The van der Waals surface area contributed by atoms with Gasteiger partial charge in [-0.15, -0.1) is 0 Å². The van der Waals surface area contributed by atoms with Crippen LogP contribution in [0.3, 0.4) is 0 Å². The molecule has 3 nitrogen and oxygen atoms in total. The molecule has 1 N–H and O–H groups in total. The Bertz CT molecular complexity index is 545. The van der Waals surface area contributed by atoms with Crippen LogP contribution >= 0.6 is 11.6 Å². The minimum Gasteiger partial charge on any atom is -0.313 e. The largest absolute Gasteiger partial charge is 0.313 e. The third kappa shape index (κ3) is 1.93. The zero-order chi connectivity index (χ0) is 12.5. The average molecular weight is 262 g/mol. The fourth-order valence-electron chi connectivity index (χ4n) is 2.66. The molecule has 0 radical (unpaired) electrons. The molecule has 4 heteroatoms. The molecule has 0 bridgehead atoms. The van der Waals surface area contributed by atoms with Crippen molar-refractivity contribution in [1.29, 1.82) is 0 Å². The maximum absolute atomic E-state index is 5.92. The van der Waals surface area contributed by atoms with E-state index in [1.165, 1.54) is 24.1 Å². The first-order chi connectivity index (χ1) is 8.79. The van der Waals surface area contributed by atoms with Crippen molar-refractivity contribution >= 4 is 11.6 Å². The summed E-state index contributed by atoms with van der Waals surface area (Å²) in [5, 5.41) is 8.65. The summed E-state index contributed by atoms with van der Waals surface area (Å²) in [7, 11) is 2.01. The van der Waals surface area contributed by atoms with Gasteiger partial charge in [-0.25, -0.2) is 4.68 Å². The van der Waals surface area contributed by atoms with E-state index in [2.05, 4.69) is 10.4 Å². The Morgan fingerprint density at radius 2 is 2.11 bits per heavy atom. The van der Waals surface area contributed by atoms with Gasteiger partial charge in [0.05, 0.1) is 11.9 Å². The van der Waals surface area contributed by atoms with Gasteiger partial charge in [0.25, 0.3) is 0 Å². The van der Waals surface area contributed by atoms with Gasteiger partial charge >= 0.3 is 0 Å². The summed E-state index contributed by atoms with van der Waals surface area (Å²) in [6.07, 6.45) is 5.48. The number of aromatic nitrogens is 2. The summed E-state index contributed by atoms with van der Waals surface area (Å²) in [6, 6.07) is 8.28. The van der Waals surface area contributed by atoms with Crippen molar-refractivity contribution in [3.63, 3.8) is 0 Å². The molecule has 3 rings (SSSR count). The minimum absolute atomic E-state index is 0.440. The van der Waals surface area contributed by atoms with Gasteiger partial charge in [0.1, 0.15) is 0 Å². The van der Waals surface area contributed by atoms with Crippen molar-refractivity contribution in [2.45, 2.75) is 25.3 Å². The third-order valence-corrected chi connectivity index (χ3v) is 3.85. The van der Waals surface area contributed by atoms with Gasteiger partial charge in [-0.1, -0.05) is 11.6 Å². The SMILES string of the molecule is CNC1CCCc2c1cnn2-c1ccc(Cl)cc1. The third-order valence-electron chi connectivity index (χ3n) is 3.60. The van der Waals surface area contributed by atoms with Gasteiger partial charge in [0.2, 0.25) is 0 Å². The first-order valence-electron chi connectivity index (χ1n) is 6.29. The molecule has 1 heterocycles. The molecule has 1 atom stereocenters. The molecule has 1 unspecified atom stereocenters. The topological polar surface area (TPSA) is 29.9 Å². The molecule has 1 aliphatic rings. The number of hydrogen-bond acceptors (Lipinski definition) is 2. The van der Waals surface area contributed by atoms with Crippen molar-refractivity contribution in [2.24, 2.45) is 0 Å². The summed E-state index contributed by atoms with van der Waals surface area (Å²) in [6.45, 7) is 0. The number of fused-ring (bicyclic) bond motifs is 1. The van der Waals surface area contributed by atoms with Crippen molar-refractivity contribution in [1.82, 2.24) is 15.1 Å². The highest BCUT2D eigenvalue weighted by Gasteiger charge is 2.23. The quantitative estimate of drug-likeness (QED) is 0.900. The number of hydrogen-bond donors (Lipinski definition) is 1. The van der Waals surface area contributed by atoms with Gasteiger partial charge < -0.3 is 5.32 Å². The van der Waals surface area contributed by atoms with Crippen LogP contribution in [-0.2, 0) is 6.42 Å². The highest BCUT2D eigenvalue weighted by Crippen LogP contribution is 2.30. The molecule has 1 aromatic carbocycles. The van der Waals surface area contributed by atoms with Crippen molar-refractivity contribution < 1.29 is 0 Å². The summed E-state index contributed by atoms with van der Waals surface area (Å²) < 4.78 is 2.04. The molecule has 0 aliphatic heterocycles. The molecular weight excluding hydrogens is 246 g/mol. The summed E-state index contributed by atoms with van der Waals surface area (Å²) in [5.74, 6) is 0. The van der Waals surface area contributed by atoms with E-state index in [1.54, 1.807) is 0 Å². The zero-order valence-electron chi connectivity index (χ0n) is 10.4. The maximum Gasteiger partial charge on any atom is 0.0649 e. The molecule has 0 fully saturated rings. The number of benzene rings is 1. The van der Waals surface area contributed by atoms with E-state index in [1.807, 2.05) is 42.2 Å². The summed E-state index contributed by atoms with van der Waals surface area (Å²) in [5.41, 5.74) is 3.74. The van der Waals surface area contributed by atoms with E-state index in [0.717, 1.165) is 17.1 Å². The van der Waals surface area contributed by atoms with E-state index >= 15 is 0 Å². The fourth-order valence-corrected chi connectivity index (χ4v) is 2.79. The van der Waals surface area contributed by atoms with Crippen LogP contribution in [0.15, 0.2) is 30.5 Å². The standard InChI is InChI=1S/C14H16ClN3/c1-16-13-3-2-4-14-12(13)9-17-18(14)11-7-5-10(15)6-8-11/h5-9,13,16H,2-4H2,1H3. The molecule has 1 aliphatic carbocycles. The Labute approximate surface area is 112 Å². The van der Waals surface area contributed by atoms with Crippen molar-refractivity contribution in [3.05, 3.63) is 46.7 Å². The van der Waals surface area contributed by atoms with E-state index in [4.69, 9.17) is 11.6 Å². The van der Waals surface area contributed by atoms with Gasteiger partial charge in [-0.3, -0.25) is 0 Å². The van der Waals surface area contributed by atoms with E-state index in [9.17, 15) is 0 Å². The minimum atomic E-state index is 0.440. The number of halogens is 1. The second-order valence-electron chi connectivity index (χ2n) is 4.67. The smallest absolute Gasteiger partial charge is 0.0649 e. The summed E-state index contributed by atoms with van der Waals surface area (Å²) >= 11 is 5.92. The molecule has 0 saturated heterocycles. The molecular formula is C14H16ClN3. The Morgan fingerprint density at radius 3 is 2.83 bits per heavy atom. The number of rotatable bonds is 2. The lowest BCUT2D eigenvalue weighted by Crippen LogP contribution is -2.21. The van der Waals surface area contributed by atoms with Crippen molar-refractivity contribution in [3.8, 4) is 5.69 Å². The van der Waals surface area contributed by atoms with Gasteiger partial charge in [0, 0.05) is 22.3 Å². The number of nitrogens with zero attached hydrogens (tertiary/aromatic N) is 2. The molecule has 0 amide bonds. The van der Waals surface area contributed by atoms with Crippen LogP contribution in [-0.4, -0.2) is 16.8 Å². The predicted octanol–water partition coefficient (Wildman–Crippen LogP) is 3.12. The fraction of sp³-hybridized carbons (Fsp3) is 0.357. The van der Waals surface area contributed by atoms with Crippen LogP contribution in [0.25, 0.3) is 5.69 Å². The molecule has 0 spiro atoms. The molecule has 18 heavy (non-hydrogen) atoms. The van der Waals surface area contributed by atoms with E-state index in [0.29, 0.717) is 6.04 Å². The molecule has 1 aromatic heterocycles. The Kier molecular flexibility index (Phi) is 3.10. The van der Waals surface area contributed by atoms with E-state index < -0.39 is 0 Å². The van der Waals surface area contributed by atoms with Crippen LogP contribution in [0.2, 0.25) is 5.02 Å². The predicted molar refractivity (Wildman–Crippen MR) is 73.3 cm³/mol. The second-order valence-corrected chi connectivity index (χ2v) is 5.10. The highest BCUT2D eigenvalue weighted by atomic mass is 35.5. The first-order valence-corrected chi connectivity index (χ1v) is 6.67. The highest BCUT2D eigenvalue weighted by molar-refractivity contribution is 6.30. The first kappa shape index (κ1) is 11.8. The summed E-state index contributed by atoms with van der Waals surface area (Å²) in [4.78, 5) is 0. The van der Waals surface area contributed by atoms with Gasteiger partial charge in [-0.2, -0.15) is 5.10 Å². The van der Waals surface area contributed by atoms with Gasteiger partial charge in [0.15, 0.2) is 0 Å². The lowest BCUT2D eigenvalue weighted by molar-refractivity contribution is 0.490. The molecule has 94 valence electrons. The van der Waals surface area contributed by atoms with Crippen LogP contribution in [0.1, 0.15) is 30.1 Å². The lowest BCUT2D eigenvalue weighted by Gasteiger charge is -2.22. The maximum atomic E-state index is 5.92. The van der Waals surface area contributed by atoms with Crippen LogP contribution < -0.4 is 5.32 Å². The van der Waals surface area contributed by atoms with E-state index in [-0.39, 0.29) is 0 Å². The Balaban J connectivity index is 2.04. The van der Waals surface area contributed by atoms with Crippen LogP contribution in [0, 0.1) is 0 Å².